The Balaban J connectivity index is 0.000000815. The Hall–Kier alpha value is -1.99. The van der Waals surface area contributed by atoms with E-state index in [4.69, 9.17) is 11.6 Å². The van der Waals surface area contributed by atoms with E-state index in [2.05, 4.69) is 54.4 Å². The average molecular weight is 338 g/mol. The quantitative estimate of drug-likeness (QED) is 0.592. The minimum atomic E-state index is 0.311. The minimum Gasteiger partial charge on any atom is -0.377 e. The van der Waals surface area contributed by atoms with Crippen LogP contribution in [0.25, 0.3) is 6.08 Å². The minimum absolute atomic E-state index is 0.311. The molecule has 0 spiro atoms. The summed E-state index contributed by atoms with van der Waals surface area (Å²) in [5.74, 6) is 1.05. The maximum Gasteiger partial charge on any atom is 0.0554 e. The van der Waals surface area contributed by atoms with Crippen molar-refractivity contribution in [3.05, 3.63) is 82.9 Å². The van der Waals surface area contributed by atoms with E-state index in [-0.39, 0.29) is 0 Å². The fourth-order valence-electron chi connectivity index (χ4n) is 3.82. The van der Waals surface area contributed by atoms with Gasteiger partial charge in [-0.1, -0.05) is 80.6 Å². The van der Waals surface area contributed by atoms with Crippen LogP contribution < -0.4 is 5.32 Å². The van der Waals surface area contributed by atoms with Crippen molar-refractivity contribution in [1.82, 2.24) is 0 Å². The second-order valence-corrected chi connectivity index (χ2v) is 6.48. The molecule has 2 aliphatic rings. The number of anilines is 1. The number of hydrogen-bond acceptors (Lipinski definition) is 1. The van der Waals surface area contributed by atoms with Crippen LogP contribution in [0.5, 0.6) is 0 Å². The first-order valence-electron chi connectivity index (χ1n) is 8.72. The summed E-state index contributed by atoms with van der Waals surface area (Å²) >= 11 is 6.04. The number of halogens is 1. The Kier molecular flexibility index (Phi) is 5.11. The van der Waals surface area contributed by atoms with E-state index in [1.54, 1.807) is 0 Å². The highest BCUT2D eigenvalue weighted by atomic mass is 35.5. The third kappa shape index (κ3) is 2.89. The molecule has 0 radical (unpaired) electrons. The maximum atomic E-state index is 6.04. The van der Waals surface area contributed by atoms with Gasteiger partial charge in [-0.15, -0.1) is 0 Å². The number of para-hydroxylation sites is 1. The molecule has 1 N–H and O–H groups in total. The summed E-state index contributed by atoms with van der Waals surface area (Å²) in [6.07, 6.45) is 7.72. The van der Waals surface area contributed by atoms with Crippen molar-refractivity contribution in [1.29, 1.82) is 0 Å². The molecule has 0 amide bonds. The van der Waals surface area contributed by atoms with Gasteiger partial charge in [0, 0.05) is 16.6 Å². The van der Waals surface area contributed by atoms with E-state index in [0.29, 0.717) is 17.9 Å². The lowest BCUT2D eigenvalue weighted by atomic mass is 9.76. The van der Waals surface area contributed by atoms with Crippen LogP contribution in [0.4, 0.5) is 5.69 Å². The molecule has 0 fully saturated rings. The maximum absolute atomic E-state index is 6.04. The summed E-state index contributed by atoms with van der Waals surface area (Å²) in [6, 6.07) is 15.0. The zero-order chi connectivity index (χ0) is 17.1. The van der Waals surface area contributed by atoms with E-state index in [0.717, 1.165) is 11.4 Å². The summed E-state index contributed by atoms with van der Waals surface area (Å²) < 4.78 is 0. The number of rotatable bonds is 2. The van der Waals surface area contributed by atoms with Crippen molar-refractivity contribution >= 4 is 23.4 Å². The van der Waals surface area contributed by atoms with Gasteiger partial charge in [0.05, 0.1) is 6.04 Å². The van der Waals surface area contributed by atoms with Gasteiger partial charge >= 0.3 is 0 Å². The van der Waals surface area contributed by atoms with Crippen molar-refractivity contribution in [2.45, 2.75) is 32.2 Å². The number of fused-ring (bicyclic) bond motifs is 3. The van der Waals surface area contributed by atoms with Crippen LogP contribution >= 0.6 is 11.6 Å². The molecule has 1 heterocycles. The lowest BCUT2D eigenvalue weighted by molar-refractivity contribution is 0.425. The lowest BCUT2D eigenvalue weighted by Gasteiger charge is -2.38. The Morgan fingerprint density at radius 3 is 2.58 bits per heavy atom. The molecular weight excluding hydrogens is 314 g/mol. The first kappa shape index (κ1) is 16.9. The first-order chi connectivity index (χ1) is 11.8. The molecule has 3 unspecified atom stereocenters. The van der Waals surface area contributed by atoms with E-state index >= 15 is 0 Å². The van der Waals surface area contributed by atoms with Crippen molar-refractivity contribution in [3.63, 3.8) is 0 Å². The summed E-state index contributed by atoms with van der Waals surface area (Å²) in [5.41, 5.74) is 5.09. The van der Waals surface area contributed by atoms with Crippen LogP contribution in [-0.4, -0.2) is 0 Å². The monoisotopic (exact) mass is 337 g/mol. The summed E-state index contributed by atoms with van der Waals surface area (Å²) in [5, 5.41) is 4.55. The third-order valence-corrected chi connectivity index (χ3v) is 5.13. The average Bonchev–Trinajstić information content (AvgIpc) is 3.13. The van der Waals surface area contributed by atoms with Crippen LogP contribution in [-0.2, 0) is 0 Å². The zero-order valence-electron chi connectivity index (χ0n) is 14.3. The van der Waals surface area contributed by atoms with E-state index < -0.39 is 0 Å². The number of hydrogen-bond donors (Lipinski definition) is 1. The van der Waals surface area contributed by atoms with Crippen molar-refractivity contribution in [2.24, 2.45) is 5.92 Å². The molecule has 0 aromatic heterocycles. The fraction of sp³-hybridized carbons (Fsp3) is 0.273. The molecule has 24 heavy (non-hydrogen) atoms. The van der Waals surface area contributed by atoms with Crippen molar-refractivity contribution < 1.29 is 0 Å². The van der Waals surface area contributed by atoms with Crippen LogP contribution in [0.1, 0.15) is 48.9 Å². The standard InChI is InChI=1S/C20H18ClN.C2H6/c1-2-13-5-3-7-17-16-6-4-8-18(16)20(22-19(13)17)14-9-11-15(21)12-10-14;1-2/h2-7,9-12,16,18,20,22H,1,8H2;1-2H3. The molecule has 0 saturated carbocycles. The van der Waals surface area contributed by atoms with Gasteiger partial charge in [-0.05, 0) is 41.2 Å². The molecule has 2 aromatic rings. The molecule has 1 aliphatic carbocycles. The van der Waals surface area contributed by atoms with Gasteiger partial charge in [-0.2, -0.15) is 0 Å². The molecule has 3 atom stereocenters. The smallest absolute Gasteiger partial charge is 0.0554 e. The second-order valence-electron chi connectivity index (χ2n) is 6.04. The number of nitrogens with one attached hydrogen (secondary N) is 1. The number of benzene rings is 2. The molecule has 124 valence electrons. The Labute approximate surface area is 150 Å². The van der Waals surface area contributed by atoms with Gasteiger partial charge in [0.25, 0.3) is 0 Å². The van der Waals surface area contributed by atoms with Crippen LogP contribution in [0, 0.1) is 5.92 Å². The highest BCUT2D eigenvalue weighted by Crippen LogP contribution is 2.50. The van der Waals surface area contributed by atoms with Gasteiger partial charge in [-0.25, -0.2) is 0 Å². The van der Waals surface area contributed by atoms with Gasteiger partial charge in [0.15, 0.2) is 0 Å². The Morgan fingerprint density at radius 1 is 1.12 bits per heavy atom. The Bertz CT molecular complexity index is 745. The first-order valence-corrected chi connectivity index (χ1v) is 9.10. The zero-order valence-corrected chi connectivity index (χ0v) is 15.1. The largest absolute Gasteiger partial charge is 0.377 e. The molecular formula is C22H24ClN. The SMILES string of the molecule is C=Cc1cccc2c1NC(c1ccc(Cl)cc1)C1CC=CC21.CC. The molecule has 0 saturated heterocycles. The van der Waals surface area contributed by atoms with E-state index in [1.807, 2.05) is 32.1 Å². The highest BCUT2D eigenvalue weighted by molar-refractivity contribution is 6.30. The molecule has 1 aliphatic heterocycles. The summed E-state index contributed by atoms with van der Waals surface area (Å²) in [4.78, 5) is 0. The topological polar surface area (TPSA) is 12.0 Å². The molecule has 0 bridgehead atoms. The van der Waals surface area contributed by atoms with Crippen LogP contribution in [0.2, 0.25) is 5.02 Å². The van der Waals surface area contributed by atoms with Gasteiger partial charge in [-0.3, -0.25) is 0 Å². The van der Waals surface area contributed by atoms with Gasteiger partial charge in [0.2, 0.25) is 0 Å². The normalized spacial score (nSPS) is 23.4. The second kappa shape index (κ2) is 7.27. The van der Waals surface area contributed by atoms with Crippen molar-refractivity contribution in [3.8, 4) is 0 Å². The predicted octanol–water partition coefficient (Wildman–Crippen LogP) is 6.84. The fourth-order valence-corrected chi connectivity index (χ4v) is 3.94. The molecule has 2 aromatic carbocycles. The summed E-state index contributed by atoms with van der Waals surface area (Å²) in [6.45, 7) is 7.96. The van der Waals surface area contributed by atoms with Crippen molar-refractivity contribution in [2.75, 3.05) is 5.32 Å². The summed E-state index contributed by atoms with van der Waals surface area (Å²) in [7, 11) is 0. The molecule has 1 nitrogen and oxygen atoms in total. The predicted molar refractivity (Wildman–Crippen MR) is 106 cm³/mol. The van der Waals surface area contributed by atoms with Crippen LogP contribution in [0.15, 0.2) is 61.2 Å². The highest BCUT2D eigenvalue weighted by Gasteiger charge is 2.38. The van der Waals surface area contributed by atoms with E-state index in [1.165, 1.54) is 22.4 Å². The molecule has 2 heteroatoms. The van der Waals surface area contributed by atoms with Gasteiger partial charge in [0.1, 0.15) is 0 Å². The lowest BCUT2D eigenvalue weighted by Crippen LogP contribution is -2.29. The number of allylic oxidation sites excluding steroid dienone is 2. The van der Waals surface area contributed by atoms with Gasteiger partial charge < -0.3 is 5.32 Å². The third-order valence-electron chi connectivity index (χ3n) is 4.88. The Morgan fingerprint density at radius 2 is 1.88 bits per heavy atom. The van der Waals surface area contributed by atoms with E-state index in [9.17, 15) is 0 Å². The van der Waals surface area contributed by atoms with Crippen LogP contribution in [0.3, 0.4) is 0 Å². The molecule has 4 rings (SSSR count).